The summed E-state index contributed by atoms with van der Waals surface area (Å²) in [5, 5.41) is 16.7. The van der Waals surface area contributed by atoms with E-state index in [1.54, 1.807) is 0 Å². The molecular weight excluding hydrogens is 119 g/mol. The van der Waals surface area contributed by atoms with Crippen LogP contribution in [0.5, 0.6) is 0 Å². The van der Waals surface area contributed by atoms with E-state index in [4.69, 9.17) is 15.0 Å². The number of carbonyl (C=O) groups is 1. The van der Waals surface area contributed by atoms with E-state index in [2.05, 4.69) is 0 Å². The van der Waals surface area contributed by atoms with Crippen molar-refractivity contribution in [1.29, 1.82) is 0 Å². The van der Waals surface area contributed by atoms with Crippen LogP contribution in [-0.4, -0.2) is 34.5 Å². The number of hydrogen-bond acceptors (Lipinski definition) is 5. The Labute approximate surface area is 50.3 Å². The maximum Gasteiger partial charge on any atom is 3.00 e. The summed E-state index contributed by atoms with van der Waals surface area (Å²) in [6, 6.07) is 0. The van der Waals surface area contributed by atoms with Crippen LogP contribution in [0.1, 0.15) is 0 Å². The quantitative estimate of drug-likeness (QED) is 0.312. The van der Waals surface area contributed by atoms with Crippen molar-refractivity contribution in [1.82, 2.24) is 0 Å². The van der Waals surface area contributed by atoms with Gasteiger partial charge in [-0.1, -0.05) is 0 Å². The van der Waals surface area contributed by atoms with Gasteiger partial charge in [-0.25, -0.2) is 0 Å². The minimum absolute atomic E-state index is 0. The Balaban J connectivity index is -0.0000000150. The van der Waals surface area contributed by atoms with Crippen LogP contribution in [0.4, 0.5) is 4.79 Å². The predicted octanol–water partition coefficient (Wildman–Crippen LogP) is -3.18. The monoisotopic (exact) mass is 121 g/mol. The van der Waals surface area contributed by atoms with E-state index >= 15 is 0 Å². The molecule has 7 heavy (non-hydrogen) atoms. The van der Waals surface area contributed by atoms with Gasteiger partial charge in [-0.2, -0.15) is 0 Å². The molecule has 0 unspecified atom stereocenters. The number of carboxylic acid groups (broad SMARTS) is 2. The zero-order valence-electron chi connectivity index (χ0n) is 3.20. The molecule has 0 heterocycles. The zero-order chi connectivity index (χ0) is 3.58. The van der Waals surface area contributed by atoms with E-state index in [9.17, 15) is 0 Å². The summed E-state index contributed by atoms with van der Waals surface area (Å²) in [6.07, 6.45) is -2.33. The van der Waals surface area contributed by atoms with Gasteiger partial charge in [0.15, 0.2) is 0 Å². The first kappa shape index (κ1) is 29.7. The Morgan fingerprint density at radius 3 is 1.14 bits per heavy atom. The van der Waals surface area contributed by atoms with Gasteiger partial charge in [-0.15, -0.1) is 0 Å². The van der Waals surface area contributed by atoms with Gasteiger partial charge < -0.3 is 26.0 Å². The maximum absolute atomic E-state index is 8.33. The molecule has 0 bridgehead atoms. The minimum atomic E-state index is -2.33. The van der Waals surface area contributed by atoms with Crippen LogP contribution in [0.3, 0.4) is 0 Å². The van der Waals surface area contributed by atoms with Crippen molar-refractivity contribution in [2.75, 3.05) is 0 Å². The van der Waals surface area contributed by atoms with Crippen molar-refractivity contribution in [2.45, 2.75) is 0 Å². The molecule has 0 spiro atoms. The Bertz CT molecular complexity index is 31.1. The molecule has 0 fully saturated rings. The van der Waals surface area contributed by atoms with Gasteiger partial charge in [0.25, 0.3) is 0 Å². The number of rotatable bonds is 0. The Morgan fingerprint density at radius 1 is 1.14 bits per heavy atom. The van der Waals surface area contributed by atoms with Gasteiger partial charge >= 0.3 is 17.4 Å². The average Bonchev–Trinajstić information content (AvgIpc) is 0.811. The molecule has 0 aromatic rings. The smallest absolute Gasteiger partial charge is 0.870 e. The van der Waals surface area contributed by atoms with Gasteiger partial charge in [0, 0.05) is 0 Å². The second-order valence-corrected chi connectivity index (χ2v) is 0.250. The van der Waals surface area contributed by atoms with E-state index in [0.29, 0.717) is 0 Å². The van der Waals surface area contributed by atoms with Gasteiger partial charge in [0.2, 0.25) is 0 Å². The first-order valence-corrected chi connectivity index (χ1v) is 0.612. The van der Waals surface area contributed by atoms with Crippen LogP contribution >= 0.6 is 0 Å². The number of hydrogen-bond donors (Lipinski definition) is 0. The van der Waals surface area contributed by atoms with Crippen LogP contribution in [0.2, 0.25) is 0 Å². The molecule has 0 saturated carbocycles. The molecule has 0 rings (SSSR count). The van der Waals surface area contributed by atoms with Crippen molar-refractivity contribution in [3.8, 4) is 0 Å². The van der Waals surface area contributed by atoms with Crippen molar-refractivity contribution in [3.05, 3.63) is 0 Å². The van der Waals surface area contributed by atoms with Crippen LogP contribution in [-0.2, 0) is 0 Å². The third kappa shape index (κ3) is 1030. The van der Waals surface area contributed by atoms with Gasteiger partial charge in [-0.3, -0.25) is 0 Å². The molecule has 5 nitrogen and oxygen atoms in total. The zero-order valence-corrected chi connectivity index (χ0v) is 4.35. The summed E-state index contributed by atoms with van der Waals surface area (Å²) in [6.45, 7) is 0. The molecule has 0 aliphatic heterocycles. The minimum Gasteiger partial charge on any atom is -0.870 e. The molecular formula is CH2AlO5-. The molecule has 0 radical (unpaired) electrons. The summed E-state index contributed by atoms with van der Waals surface area (Å²) in [5.74, 6) is 0. The standard InChI is InChI=1S/CH2O3.Al.2H2O/c2-1(3)4;;;/h(H2,2,3,4);;2*1H2/q;+3;;/p-4. The molecule has 0 saturated heterocycles. The van der Waals surface area contributed by atoms with E-state index < -0.39 is 6.16 Å². The average molecular weight is 121 g/mol. The van der Waals surface area contributed by atoms with Crippen molar-refractivity contribution >= 4 is 23.5 Å². The second-order valence-electron chi connectivity index (χ2n) is 0.250. The van der Waals surface area contributed by atoms with E-state index in [0.717, 1.165) is 0 Å². The van der Waals surface area contributed by atoms with Crippen molar-refractivity contribution < 1.29 is 26.0 Å². The molecule has 0 aliphatic carbocycles. The Morgan fingerprint density at radius 2 is 1.14 bits per heavy atom. The van der Waals surface area contributed by atoms with E-state index in [-0.39, 0.29) is 28.3 Å². The fraction of sp³-hybridized carbons (Fsp3) is 0. The fourth-order valence-corrected chi connectivity index (χ4v) is 0. The van der Waals surface area contributed by atoms with Crippen molar-refractivity contribution in [2.24, 2.45) is 0 Å². The first-order chi connectivity index (χ1) is 1.73. The van der Waals surface area contributed by atoms with E-state index in [1.165, 1.54) is 0 Å². The summed E-state index contributed by atoms with van der Waals surface area (Å²) in [7, 11) is 0. The van der Waals surface area contributed by atoms with E-state index in [1.807, 2.05) is 0 Å². The summed E-state index contributed by atoms with van der Waals surface area (Å²) >= 11 is 0. The predicted molar refractivity (Wildman–Crippen MR) is 15.0 cm³/mol. The van der Waals surface area contributed by atoms with Crippen LogP contribution in [0, 0.1) is 0 Å². The molecule has 0 aromatic carbocycles. The largest absolute Gasteiger partial charge is 3.00 e. The fourth-order valence-electron chi connectivity index (χ4n) is 0. The molecule has 0 aromatic heterocycles. The molecule has 40 valence electrons. The second kappa shape index (κ2) is 17.2. The third-order valence-corrected chi connectivity index (χ3v) is 0. The summed E-state index contributed by atoms with van der Waals surface area (Å²) in [4.78, 5) is 8.33. The Hall–Kier alpha value is -0.278. The molecule has 0 aliphatic rings. The van der Waals surface area contributed by atoms with Crippen LogP contribution in [0.25, 0.3) is 0 Å². The molecule has 0 atom stereocenters. The molecule has 0 amide bonds. The SMILES string of the molecule is O=C([O-])[O-].[Al+3].[OH-].[OH-]. The Kier molecular flexibility index (Phi) is 73.1. The van der Waals surface area contributed by atoms with Crippen molar-refractivity contribution in [3.63, 3.8) is 0 Å². The number of carbonyl (C=O) groups excluding carboxylic acids is 1. The molecule has 2 N–H and O–H groups in total. The maximum atomic E-state index is 8.33. The topological polar surface area (TPSA) is 123 Å². The first-order valence-electron chi connectivity index (χ1n) is 0.612. The summed E-state index contributed by atoms with van der Waals surface area (Å²) in [5.41, 5.74) is 0. The van der Waals surface area contributed by atoms with Crippen LogP contribution < -0.4 is 10.2 Å². The van der Waals surface area contributed by atoms with Gasteiger partial charge in [-0.05, 0) is 6.16 Å². The third-order valence-electron chi connectivity index (χ3n) is 0. The van der Waals surface area contributed by atoms with Crippen LogP contribution in [0.15, 0.2) is 0 Å². The normalized spacial score (nSPS) is 3.43. The van der Waals surface area contributed by atoms with Gasteiger partial charge in [0.05, 0.1) is 0 Å². The summed E-state index contributed by atoms with van der Waals surface area (Å²) < 4.78 is 0. The van der Waals surface area contributed by atoms with Gasteiger partial charge in [0.1, 0.15) is 0 Å². The molecule has 6 heteroatoms.